The molecule has 1 aliphatic carbocycles. The van der Waals surface area contributed by atoms with Crippen LogP contribution in [0, 0.1) is 6.92 Å². The van der Waals surface area contributed by atoms with Crippen LogP contribution >= 0.6 is 23.2 Å². The fraction of sp³-hybridized carbons (Fsp3) is 0.136. The van der Waals surface area contributed by atoms with E-state index in [1.165, 1.54) is 0 Å². The van der Waals surface area contributed by atoms with Crippen molar-refractivity contribution in [2.45, 2.75) is 20.8 Å². The zero-order chi connectivity index (χ0) is 18.1. The van der Waals surface area contributed by atoms with Gasteiger partial charge in [-0.1, -0.05) is 59.1 Å². The molecule has 25 heavy (non-hydrogen) atoms. The van der Waals surface area contributed by atoms with E-state index < -0.39 is 0 Å². The number of hydrogen-bond donors (Lipinski definition) is 0. The standard InChI is InChI=1S/C22H18Cl2O/c1-13-6-4-7-16(10-13)20(21-18(23)8-5-9-19(21)24)17-11-14(2)22(25)15(3)12-17/h4-12H,1-3H3. The molecule has 0 spiro atoms. The Bertz CT molecular complexity index is 917. The first-order valence-electron chi connectivity index (χ1n) is 8.05. The maximum absolute atomic E-state index is 12.1. The summed E-state index contributed by atoms with van der Waals surface area (Å²) in [5.74, 6) is 0.0672. The summed E-state index contributed by atoms with van der Waals surface area (Å²) >= 11 is 13.0. The van der Waals surface area contributed by atoms with Crippen LogP contribution in [0.15, 0.2) is 71.3 Å². The molecule has 0 radical (unpaired) electrons. The van der Waals surface area contributed by atoms with Gasteiger partial charge in [-0.05, 0) is 72.9 Å². The Labute approximate surface area is 158 Å². The third-order valence-electron chi connectivity index (χ3n) is 4.27. The van der Waals surface area contributed by atoms with Crippen LogP contribution < -0.4 is 0 Å². The highest BCUT2D eigenvalue weighted by molar-refractivity contribution is 6.38. The van der Waals surface area contributed by atoms with Crippen LogP contribution in [0.25, 0.3) is 5.57 Å². The molecule has 0 aromatic heterocycles. The van der Waals surface area contributed by atoms with E-state index in [1.807, 2.05) is 69.3 Å². The molecule has 1 aliphatic rings. The average molecular weight is 369 g/mol. The Kier molecular flexibility index (Phi) is 4.99. The van der Waals surface area contributed by atoms with Crippen molar-refractivity contribution in [3.8, 4) is 0 Å². The number of carbonyl (C=O) groups excluding carboxylic acids is 1. The Morgan fingerprint density at radius 1 is 0.840 bits per heavy atom. The summed E-state index contributed by atoms with van der Waals surface area (Å²) in [5, 5.41) is 1.18. The van der Waals surface area contributed by atoms with Crippen molar-refractivity contribution in [3.05, 3.63) is 98.1 Å². The summed E-state index contributed by atoms with van der Waals surface area (Å²) in [7, 11) is 0. The molecule has 0 bridgehead atoms. The zero-order valence-corrected chi connectivity index (χ0v) is 15.9. The number of aryl methyl sites for hydroxylation is 1. The smallest absolute Gasteiger partial charge is 0.184 e. The van der Waals surface area contributed by atoms with E-state index in [0.29, 0.717) is 21.2 Å². The normalized spacial score (nSPS) is 14.3. The van der Waals surface area contributed by atoms with Crippen LogP contribution in [0.1, 0.15) is 30.5 Å². The molecule has 1 nitrogen and oxygen atoms in total. The monoisotopic (exact) mass is 368 g/mol. The van der Waals surface area contributed by atoms with Gasteiger partial charge in [0.25, 0.3) is 0 Å². The van der Waals surface area contributed by atoms with Crippen LogP contribution in [0.2, 0.25) is 10.0 Å². The van der Waals surface area contributed by atoms with E-state index in [9.17, 15) is 4.79 Å². The van der Waals surface area contributed by atoms with Gasteiger partial charge in [0.15, 0.2) is 5.78 Å². The van der Waals surface area contributed by atoms with Crippen molar-refractivity contribution < 1.29 is 4.79 Å². The number of Topliss-reactive ketones (excluding diaryl/α,β-unsaturated/α-hetero) is 1. The lowest BCUT2D eigenvalue weighted by Crippen LogP contribution is -2.07. The number of carbonyl (C=O) groups is 1. The fourth-order valence-electron chi connectivity index (χ4n) is 3.09. The minimum absolute atomic E-state index is 0.0672. The summed E-state index contributed by atoms with van der Waals surface area (Å²) in [6.07, 6.45) is 3.82. The molecule has 0 amide bonds. The Balaban J connectivity index is 2.39. The van der Waals surface area contributed by atoms with Gasteiger partial charge in [0.05, 0.1) is 0 Å². The molecule has 3 rings (SSSR count). The molecule has 2 aromatic carbocycles. The first-order valence-corrected chi connectivity index (χ1v) is 8.81. The molecule has 0 aliphatic heterocycles. The van der Waals surface area contributed by atoms with Crippen molar-refractivity contribution in [2.24, 2.45) is 0 Å². The molecule has 2 aromatic rings. The Morgan fingerprint density at radius 3 is 1.96 bits per heavy atom. The molecule has 0 saturated carbocycles. The summed E-state index contributed by atoms with van der Waals surface area (Å²) in [6, 6.07) is 13.7. The largest absolute Gasteiger partial charge is 0.289 e. The highest BCUT2D eigenvalue weighted by Crippen LogP contribution is 2.39. The first kappa shape index (κ1) is 17.7. The van der Waals surface area contributed by atoms with Gasteiger partial charge in [0.2, 0.25) is 0 Å². The number of benzene rings is 2. The Morgan fingerprint density at radius 2 is 1.40 bits per heavy atom. The van der Waals surface area contributed by atoms with Crippen LogP contribution in [0.3, 0.4) is 0 Å². The second-order valence-electron chi connectivity index (χ2n) is 6.28. The van der Waals surface area contributed by atoms with E-state index in [4.69, 9.17) is 23.2 Å². The third kappa shape index (κ3) is 3.49. The predicted molar refractivity (Wildman–Crippen MR) is 106 cm³/mol. The summed E-state index contributed by atoms with van der Waals surface area (Å²) in [4.78, 5) is 12.1. The number of hydrogen-bond acceptors (Lipinski definition) is 1. The van der Waals surface area contributed by atoms with E-state index in [1.54, 1.807) is 0 Å². The molecular weight excluding hydrogens is 351 g/mol. The zero-order valence-electron chi connectivity index (χ0n) is 14.4. The van der Waals surface area contributed by atoms with Crippen molar-refractivity contribution in [3.63, 3.8) is 0 Å². The number of ketones is 1. The van der Waals surface area contributed by atoms with Gasteiger partial charge in [0.1, 0.15) is 0 Å². The van der Waals surface area contributed by atoms with E-state index >= 15 is 0 Å². The van der Waals surface area contributed by atoms with E-state index in [0.717, 1.165) is 27.8 Å². The molecule has 126 valence electrons. The van der Waals surface area contributed by atoms with E-state index in [-0.39, 0.29) is 5.78 Å². The topological polar surface area (TPSA) is 17.1 Å². The second kappa shape index (κ2) is 7.03. The van der Waals surface area contributed by atoms with Gasteiger partial charge in [0, 0.05) is 15.6 Å². The van der Waals surface area contributed by atoms with E-state index in [2.05, 4.69) is 6.07 Å². The maximum Gasteiger partial charge on any atom is 0.184 e. The molecule has 0 heterocycles. The minimum atomic E-state index is 0.0672. The molecule has 0 fully saturated rings. The highest BCUT2D eigenvalue weighted by Gasteiger charge is 2.20. The van der Waals surface area contributed by atoms with Gasteiger partial charge in [-0.15, -0.1) is 0 Å². The van der Waals surface area contributed by atoms with Crippen LogP contribution in [0.5, 0.6) is 0 Å². The molecule has 3 heteroatoms. The molecular formula is C22H18Cl2O. The van der Waals surface area contributed by atoms with Crippen molar-refractivity contribution in [2.75, 3.05) is 0 Å². The minimum Gasteiger partial charge on any atom is -0.289 e. The molecule has 0 atom stereocenters. The van der Waals surface area contributed by atoms with Crippen LogP contribution in [-0.2, 0) is 4.79 Å². The first-order chi connectivity index (χ1) is 11.9. The van der Waals surface area contributed by atoms with Crippen LogP contribution in [-0.4, -0.2) is 5.78 Å². The lowest BCUT2D eigenvalue weighted by molar-refractivity contribution is -0.112. The second-order valence-corrected chi connectivity index (χ2v) is 7.09. The lowest BCUT2D eigenvalue weighted by atomic mass is 9.86. The van der Waals surface area contributed by atoms with Gasteiger partial charge >= 0.3 is 0 Å². The maximum atomic E-state index is 12.1. The molecule has 0 N–H and O–H groups in total. The van der Waals surface area contributed by atoms with Crippen LogP contribution in [0.4, 0.5) is 0 Å². The highest BCUT2D eigenvalue weighted by atomic mass is 35.5. The van der Waals surface area contributed by atoms with Gasteiger partial charge < -0.3 is 0 Å². The van der Waals surface area contributed by atoms with Gasteiger partial charge in [-0.3, -0.25) is 4.79 Å². The van der Waals surface area contributed by atoms with Gasteiger partial charge in [-0.2, -0.15) is 0 Å². The number of rotatable bonds is 2. The predicted octanol–water partition coefficient (Wildman–Crippen LogP) is 6.58. The summed E-state index contributed by atoms with van der Waals surface area (Å²) in [5.41, 5.74) is 6.25. The average Bonchev–Trinajstić information content (AvgIpc) is 2.55. The lowest BCUT2D eigenvalue weighted by Gasteiger charge is -2.19. The van der Waals surface area contributed by atoms with Crippen molar-refractivity contribution >= 4 is 34.6 Å². The summed E-state index contributed by atoms with van der Waals surface area (Å²) in [6.45, 7) is 5.72. The number of allylic oxidation sites excluding steroid dienone is 5. The SMILES string of the molecule is CC1=CC(=C(c2cccc(C)c2)c2c(Cl)cccc2Cl)C=C(C)C1=O. The molecule has 0 unspecified atom stereocenters. The Hall–Kier alpha value is -2.09. The summed E-state index contributed by atoms with van der Waals surface area (Å²) < 4.78 is 0. The molecule has 0 saturated heterocycles. The van der Waals surface area contributed by atoms with Gasteiger partial charge in [-0.25, -0.2) is 0 Å². The quantitative estimate of drug-likeness (QED) is 0.584. The van der Waals surface area contributed by atoms with Crippen molar-refractivity contribution in [1.82, 2.24) is 0 Å². The third-order valence-corrected chi connectivity index (χ3v) is 4.90. The number of halogens is 2. The van der Waals surface area contributed by atoms with Crippen molar-refractivity contribution in [1.29, 1.82) is 0 Å². The fourth-order valence-corrected chi connectivity index (χ4v) is 3.67.